The average molecular weight is 485 g/mol. The van der Waals surface area contributed by atoms with E-state index in [1.807, 2.05) is 12.1 Å². The molecule has 5 atom stereocenters. The smallest absolute Gasteiger partial charge is 0.375 e. The molecule has 1 aromatic heterocycles. The number of aliphatic hydroxyl groups is 1. The molecule has 0 saturated carbocycles. The van der Waals surface area contributed by atoms with E-state index in [1.165, 1.54) is 11.1 Å². The van der Waals surface area contributed by atoms with Gasteiger partial charge >= 0.3 is 11.9 Å². The summed E-state index contributed by atoms with van der Waals surface area (Å²) in [7, 11) is 2.19. The van der Waals surface area contributed by atoms with Crippen LogP contribution >= 0.6 is 0 Å². The zero-order valence-corrected chi connectivity index (χ0v) is 18.5. The van der Waals surface area contributed by atoms with Crippen LogP contribution in [0.15, 0.2) is 39.6 Å². The summed E-state index contributed by atoms with van der Waals surface area (Å²) in [6, 6.07) is 4.72. The van der Waals surface area contributed by atoms with Gasteiger partial charge in [-0.1, -0.05) is 18.2 Å². The van der Waals surface area contributed by atoms with Gasteiger partial charge in [0.15, 0.2) is 11.5 Å². The molecule has 11 nitrogen and oxygen atoms in total. The minimum Gasteiger partial charge on any atom is -0.504 e. The number of nitrogens with zero attached hydrogens (tertiary/aromatic N) is 1. The van der Waals surface area contributed by atoms with E-state index in [0.717, 1.165) is 19.4 Å². The van der Waals surface area contributed by atoms with Crippen LogP contribution in [0.4, 0.5) is 0 Å². The molecule has 1 fully saturated rings. The van der Waals surface area contributed by atoms with E-state index in [-0.39, 0.29) is 17.3 Å². The minimum absolute atomic E-state index is 0.160. The molecule has 1 spiro atoms. The fourth-order valence-electron chi connectivity index (χ4n) is 5.98. The van der Waals surface area contributed by atoms with E-state index in [0.29, 0.717) is 23.8 Å². The number of likely N-dealkylation sites (tertiary alicyclic amines) is 1. The number of ether oxygens (including phenoxy) is 1. The molecule has 0 unspecified atom stereocenters. The third kappa shape index (κ3) is 3.22. The molecule has 5 N–H and O–H groups in total. The lowest BCUT2D eigenvalue weighted by atomic mass is 9.53. The number of aromatic carboxylic acids is 2. The van der Waals surface area contributed by atoms with Crippen LogP contribution in [0.25, 0.3) is 0 Å². The average Bonchev–Trinajstić information content (AvgIpc) is 3.17. The maximum absolute atomic E-state index is 10.8. The number of piperidine rings is 1. The third-order valence-corrected chi connectivity index (χ3v) is 7.48. The van der Waals surface area contributed by atoms with Gasteiger partial charge in [0.2, 0.25) is 16.9 Å². The molecule has 2 bridgehead atoms. The number of benzene rings is 1. The number of hydrogen-bond donors (Lipinski definition) is 5. The van der Waals surface area contributed by atoms with Crippen molar-refractivity contribution in [1.82, 2.24) is 4.90 Å². The number of phenols is 1. The Kier molecular flexibility index (Phi) is 5.15. The normalized spacial score (nSPS) is 29.4. The van der Waals surface area contributed by atoms with Crippen LogP contribution in [0.1, 0.15) is 38.7 Å². The molecule has 6 rings (SSSR count). The van der Waals surface area contributed by atoms with Crippen molar-refractivity contribution < 1.29 is 44.3 Å². The maximum Gasteiger partial charge on any atom is 0.375 e. The predicted molar refractivity (Wildman–Crippen MR) is 118 cm³/mol. The van der Waals surface area contributed by atoms with E-state index in [9.17, 15) is 24.6 Å². The summed E-state index contributed by atoms with van der Waals surface area (Å²) in [6.45, 7) is 1.01. The lowest BCUT2D eigenvalue weighted by Gasteiger charge is -2.56. The number of carboxylic acid groups (broad SMARTS) is 2. The first-order valence-electron chi connectivity index (χ1n) is 11.0. The Morgan fingerprint density at radius 1 is 1.14 bits per heavy atom. The Morgan fingerprint density at radius 2 is 1.89 bits per heavy atom. The van der Waals surface area contributed by atoms with Crippen molar-refractivity contribution in [3.8, 4) is 17.2 Å². The minimum atomic E-state index is -1.72. The van der Waals surface area contributed by atoms with E-state index >= 15 is 0 Å². The van der Waals surface area contributed by atoms with Gasteiger partial charge in [0.1, 0.15) is 12.2 Å². The summed E-state index contributed by atoms with van der Waals surface area (Å²) in [6.07, 6.45) is 5.18. The largest absolute Gasteiger partial charge is 0.504 e. The van der Waals surface area contributed by atoms with Gasteiger partial charge in [-0.15, -0.1) is 0 Å². The standard InChI is InChI=1S/C17H19NO3.C7H4O7/c1-18-7-6-17-10-3-5-13(20)16(17)21-15-12(19)4-2-9(14(15)17)8-11(10)18;8-2-1-3(6(10)11)14-5(4(2)9)7(12)13/h2-5,10-11,13,16,19-20H,6-8H2,1H3;1,9H,(H,10,11)(H,12,13)/t10-,11+,13-,16-,17-;/m0./s1. The first-order valence-corrected chi connectivity index (χ1v) is 11.0. The first kappa shape index (κ1) is 22.9. The SMILES string of the molecule is CN1CC[C@]23c4c5ccc(O)c4O[C@H]2[C@@H](O)C=C[C@H]3[C@H]1C5.O=C(O)c1cc(=O)c(O)c(C(=O)O)o1. The van der Waals surface area contributed by atoms with Crippen LogP contribution in [-0.2, 0) is 11.8 Å². The number of rotatable bonds is 2. The molecule has 0 amide bonds. The Bertz CT molecular complexity index is 1330. The Morgan fingerprint density at radius 3 is 2.57 bits per heavy atom. The van der Waals surface area contributed by atoms with Crippen molar-refractivity contribution in [3.05, 3.63) is 63.2 Å². The van der Waals surface area contributed by atoms with Gasteiger partial charge in [-0.25, -0.2) is 9.59 Å². The Hall–Kier alpha value is -3.83. The molecule has 1 aromatic carbocycles. The van der Waals surface area contributed by atoms with Gasteiger partial charge < -0.3 is 39.6 Å². The molecule has 35 heavy (non-hydrogen) atoms. The van der Waals surface area contributed by atoms with Crippen molar-refractivity contribution in [3.63, 3.8) is 0 Å². The summed E-state index contributed by atoms with van der Waals surface area (Å²) in [4.78, 5) is 34.0. The Labute approximate surface area is 198 Å². The number of likely N-dealkylation sites (N-methyl/N-ethyl adjacent to an activating group) is 1. The highest BCUT2D eigenvalue weighted by atomic mass is 16.5. The lowest BCUT2D eigenvalue weighted by Crippen LogP contribution is -2.64. The van der Waals surface area contributed by atoms with Crippen LogP contribution in [0.2, 0.25) is 0 Å². The van der Waals surface area contributed by atoms with Gasteiger partial charge in [0, 0.05) is 29.0 Å². The number of aliphatic hydroxyl groups excluding tert-OH is 1. The molecular formula is C24H23NO10. The second-order valence-corrected chi connectivity index (χ2v) is 9.19. The molecule has 3 heterocycles. The zero-order chi connectivity index (χ0) is 25.2. The molecule has 1 saturated heterocycles. The fourth-order valence-corrected chi connectivity index (χ4v) is 5.98. The molecule has 11 heteroatoms. The third-order valence-electron chi connectivity index (χ3n) is 7.48. The second kappa shape index (κ2) is 7.85. The molecule has 184 valence electrons. The highest BCUT2D eigenvalue weighted by molar-refractivity contribution is 5.89. The summed E-state index contributed by atoms with van der Waals surface area (Å²) in [5, 5.41) is 46.4. The van der Waals surface area contributed by atoms with Crippen LogP contribution in [0.5, 0.6) is 17.2 Å². The van der Waals surface area contributed by atoms with E-state index in [1.54, 1.807) is 6.07 Å². The molecule has 2 aliphatic carbocycles. The lowest BCUT2D eigenvalue weighted by molar-refractivity contribution is -0.0453. The monoisotopic (exact) mass is 485 g/mol. The van der Waals surface area contributed by atoms with E-state index in [4.69, 9.17) is 20.1 Å². The quantitative estimate of drug-likeness (QED) is 0.382. The van der Waals surface area contributed by atoms with E-state index in [2.05, 4.69) is 22.4 Å². The van der Waals surface area contributed by atoms with Crippen molar-refractivity contribution in [1.29, 1.82) is 0 Å². The molecule has 2 aliphatic heterocycles. The van der Waals surface area contributed by atoms with Crippen LogP contribution in [0, 0.1) is 5.92 Å². The summed E-state index contributed by atoms with van der Waals surface area (Å²) in [5.74, 6) is -5.18. The molecule has 0 radical (unpaired) electrons. The molecule has 2 aromatic rings. The first-order chi connectivity index (χ1) is 16.6. The fraction of sp³-hybridized carbons (Fsp3) is 0.375. The van der Waals surface area contributed by atoms with Gasteiger partial charge in [-0.2, -0.15) is 0 Å². The van der Waals surface area contributed by atoms with Crippen molar-refractivity contribution in [2.45, 2.75) is 36.5 Å². The van der Waals surface area contributed by atoms with E-state index < -0.39 is 40.7 Å². The number of carboxylic acids is 2. The molecule has 4 aliphatic rings. The second-order valence-electron chi connectivity index (χ2n) is 9.19. The summed E-state index contributed by atoms with van der Waals surface area (Å²) >= 11 is 0. The van der Waals surface area contributed by atoms with Crippen LogP contribution in [-0.4, -0.2) is 74.2 Å². The van der Waals surface area contributed by atoms with Crippen LogP contribution in [0.3, 0.4) is 0 Å². The highest BCUT2D eigenvalue weighted by Crippen LogP contribution is 2.62. The van der Waals surface area contributed by atoms with Gasteiger partial charge in [-0.3, -0.25) is 4.79 Å². The Balaban J connectivity index is 0.000000159. The number of carbonyl (C=O) groups is 2. The maximum atomic E-state index is 10.8. The number of aromatic hydroxyl groups is 2. The molecular weight excluding hydrogens is 462 g/mol. The predicted octanol–water partition coefficient (Wildman–Crippen LogP) is 0.940. The van der Waals surface area contributed by atoms with Gasteiger partial charge in [-0.05, 0) is 38.1 Å². The van der Waals surface area contributed by atoms with Crippen LogP contribution < -0.4 is 10.2 Å². The van der Waals surface area contributed by atoms with Crippen molar-refractivity contribution in [2.75, 3.05) is 13.6 Å². The zero-order valence-electron chi connectivity index (χ0n) is 18.5. The van der Waals surface area contributed by atoms with Gasteiger partial charge in [0.25, 0.3) is 5.76 Å². The number of hydrogen-bond acceptors (Lipinski definition) is 9. The topological polar surface area (TPSA) is 178 Å². The van der Waals surface area contributed by atoms with Crippen molar-refractivity contribution in [2.24, 2.45) is 5.92 Å². The summed E-state index contributed by atoms with van der Waals surface area (Å²) in [5.41, 5.74) is 1.17. The summed E-state index contributed by atoms with van der Waals surface area (Å²) < 4.78 is 10.3. The van der Waals surface area contributed by atoms with Crippen molar-refractivity contribution >= 4 is 11.9 Å². The highest BCUT2D eigenvalue weighted by Gasteiger charge is 2.64. The van der Waals surface area contributed by atoms with Gasteiger partial charge in [0.05, 0.1) is 0 Å². The number of phenolic OH excluding ortho intramolecular Hbond substituents is 1.